The average molecular weight is 414 g/mol. The standard InChI is InChI=1S/C23H23N7O/c1-14(17-5-4-6-18-19(23(31)24-3)7-8-25-22(17)18)10-28-21-9-20(29-13-30-21)16-11-26-15(2)27-12-16/h4-9,11-14H,10H2,1-3H3,(H,24,31)(H,28,29,30)/t14-/m1/s1/i13D. The van der Waals surface area contributed by atoms with Crippen molar-refractivity contribution in [2.45, 2.75) is 19.8 Å². The zero-order valence-electron chi connectivity index (χ0n) is 18.5. The van der Waals surface area contributed by atoms with Crippen LogP contribution < -0.4 is 10.6 Å². The molecule has 8 heteroatoms. The van der Waals surface area contributed by atoms with Gasteiger partial charge in [-0.25, -0.2) is 19.9 Å². The maximum Gasteiger partial charge on any atom is 0.251 e. The van der Waals surface area contributed by atoms with Crippen LogP contribution in [-0.4, -0.2) is 44.4 Å². The topological polar surface area (TPSA) is 106 Å². The fourth-order valence-corrected chi connectivity index (χ4v) is 3.39. The summed E-state index contributed by atoms with van der Waals surface area (Å²) in [4.78, 5) is 33.5. The van der Waals surface area contributed by atoms with E-state index >= 15 is 0 Å². The van der Waals surface area contributed by atoms with Crippen LogP contribution in [-0.2, 0) is 0 Å². The van der Waals surface area contributed by atoms with Crippen LogP contribution in [0.2, 0.25) is 0 Å². The molecular formula is C23H23N7O. The van der Waals surface area contributed by atoms with E-state index in [0.717, 1.165) is 22.0 Å². The van der Waals surface area contributed by atoms with E-state index in [-0.39, 0.29) is 18.1 Å². The summed E-state index contributed by atoms with van der Waals surface area (Å²) in [7, 11) is 1.62. The van der Waals surface area contributed by atoms with Gasteiger partial charge in [-0.2, -0.15) is 0 Å². The third-order valence-corrected chi connectivity index (χ3v) is 5.09. The molecule has 0 spiro atoms. The number of aromatic nitrogens is 5. The van der Waals surface area contributed by atoms with E-state index in [4.69, 9.17) is 1.37 Å². The van der Waals surface area contributed by atoms with Gasteiger partial charge in [0, 0.05) is 55.1 Å². The molecule has 1 atom stereocenters. The van der Waals surface area contributed by atoms with E-state index in [1.807, 2.05) is 25.1 Å². The SMILES string of the molecule is [2H]c1nc(NC[C@@H](C)c2cccc3c(C(=O)NC)ccnc23)cc(-c2cnc(C)nc2)n1. The molecule has 156 valence electrons. The summed E-state index contributed by atoms with van der Waals surface area (Å²) in [6, 6.07) is 9.36. The minimum Gasteiger partial charge on any atom is -0.369 e. The summed E-state index contributed by atoms with van der Waals surface area (Å²) in [5.74, 6) is 1.15. The van der Waals surface area contributed by atoms with E-state index < -0.39 is 0 Å². The van der Waals surface area contributed by atoms with Crippen LogP contribution in [0.4, 0.5) is 5.82 Å². The second-order valence-corrected chi connectivity index (χ2v) is 7.22. The quantitative estimate of drug-likeness (QED) is 0.498. The highest BCUT2D eigenvalue weighted by Crippen LogP contribution is 2.27. The monoisotopic (exact) mass is 414 g/mol. The maximum absolute atomic E-state index is 12.2. The number of fused-ring (bicyclic) bond motifs is 1. The predicted molar refractivity (Wildman–Crippen MR) is 120 cm³/mol. The molecule has 0 unspecified atom stereocenters. The highest BCUT2D eigenvalue weighted by Gasteiger charge is 2.15. The Balaban J connectivity index is 1.58. The summed E-state index contributed by atoms with van der Waals surface area (Å²) < 4.78 is 7.96. The number of hydrogen-bond donors (Lipinski definition) is 2. The largest absolute Gasteiger partial charge is 0.369 e. The van der Waals surface area contributed by atoms with Crippen molar-refractivity contribution >= 4 is 22.6 Å². The highest BCUT2D eigenvalue weighted by molar-refractivity contribution is 6.06. The first-order valence-corrected chi connectivity index (χ1v) is 9.94. The Bertz CT molecular complexity index is 1280. The molecule has 3 aromatic heterocycles. The molecule has 0 aliphatic heterocycles. The normalized spacial score (nSPS) is 12.3. The van der Waals surface area contributed by atoms with Crippen LogP contribution in [0.5, 0.6) is 0 Å². The van der Waals surface area contributed by atoms with Crippen LogP contribution in [0.25, 0.3) is 22.2 Å². The van der Waals surface area contributed by atoms with Gasteiger partial charge in [0.05, 0.1) is 16.8 Å². The Hall–Kier alpha value is -3.94. The summed E-state index contributed by atoms with van der Waals surface area (Å²) in [6.45, 7) is 4.45. The molecule has 2 N–H and O–H groups in total. The number of para-hydroxylation sites is 1. The van der Waals surface area contributed by atoms with Gasteiger partial charge >= 0.3 is 0 Å². The molecule has 31 heavy (non-hydrogen) atoms. The van der Waals surface area contributed by atoms with Gasteiger partial charge in [0.25, 0.3) is 5.91 Å². The number of pyridine rings is 1. The number of nitrogens with one attached hydrogen (secondary N) is 2. The third kappa shape index (κ3) is 4.32. The van der Waals surface area contributed by atoms with Gasteiger partial charge in [0.1, 0.15) is 19.3 Å². The maximum atomic E-state index is 12.2. The van der Waals surface area contributed by atoms with Crippen molar-refractivity contribution in [3.8, 4) is 11.3 Å². The average Bonchev–Trinajstić information content (AvgIpc) is 2.81. The number of carbonyl (C=O) groups is 1. The van der Waals surface area contributed by atoms with Crippen LogP contribution in [0.15, 0.2) is 55.2 Å². The van der Waals surface area contributed by atoms with Crippen molar-refractivity contribution in [3.05, 3.63) is 72.2 Å². The number of aryl methyl sites for hydroxylation is 1. The van der Waals surface area contributed by atoms with Crippen LogP contribution in [0.3, 0.4) is 0 Å². The van der Waals surface area contributed by atoms with Crippen molar-refractivity contribution < 1.29 is 6.17 Å². The number of nitrogens with zero attached hydrogens (tertiary/aromatic N) is 5. The molecule has 4 rings (SSSR count). The van der Waals surface area contributed by atoms with Crippen LogP contribution in [0.1, 0.15) is 36.0 Å². The van der Waals surface area contributed by atoms with E-state index in [9.17, 15) is 4.79 Å². The summed E-state index contributed by atoms with van der Waals surface area (Å²) in [6.07, 6.45) is 4.94. The van der Waals surface area contributed by atoms with Crippen LogP contribution >= 0.6 is 0 Å². The van der Waals surface area contributed by atoms with Crippen molar-refractivity contribution in [2.75, 3.05) is 18.9 Å². The van der Waals surface area contributed by atoms with Gasteiger partial charge in [-0.3, -0.25) is 9.78 Å². The number of rotatable bonds is 6. The van der Waals surface area contributed by atoms with Crippen molar-refractivity contribution in [1.82, 2.24) is 30.2 Å². The summed E-state index contributed by atoms with van der Waals surface area (Å²) >= 11 is 0. The van der Waals surface area contributed by atoms with Crippen molar-refractivity contribution in [2.24, 2.45) is 0 Å². The Morgan fingerprint density at radius 2 is 1.94 bits per heavy atom. The zero-order chi connectivity index (χ0) is 22.7. The lowest BCUT2D eigenvalue weighted by molar-refractivity contribution is 0.0964. The Labute approximate surface area is 181 Å². The number of carbonyl (C=O) groups excluding carboxylic acids is 1. The molecule has 0 radical (unpaired) electrons. The molecular weight excluding hydrogens is 390 g/mol. The van der Waals surface area contributed by atoms with E-state index in [1.54, 1.807) is 37.8 Å². The third-order valence-electron chi connectivity index (χ3n) is 5.09. The summed E-state index contributed by atoms with van der Waals surface area (Å²) in [5, 5.41) is 6.79. The zero-order valence-corrected chi connectivity index (χ0v) is 17.5. The Morgan fingerprint density at radius 1 is 1.13 bits per heavy atom. The lowest BCUT2D eigenvalue weighted by atomic mass is 9.96. The van der Waals surface area contributed by atoms with E-state index in [1.165, 1.54) is 0 Å². The van der Waals surface area contributed by atoms with Gasteiger partial charge in [-0.1, -0.05) is 25.1 Å². The molecule has 3 heterocycles. The predicted octanol–water partition coefficient (Wildman–Crippen LogP) is 3.37. The molecule has 0 fully saturated rings. The first-order valence-electron chi connectivity index (χ1n) is 10.4. The second-order valence-electron chi connectivity index (χ2n) is 7.22. The molecule has 1 amide bonds. The number of benzene rings is 1. The van der Waals surface area contributed by atoms with Gasteiger partial charge in [-0.05, 0) is 18.6 Å². The highest BCUT2D eigenvalue weighted by atomic mass is 16.1. The van der Waals surface area contributed by atoms with Gasteiger partial charge < -0.3 is 10.6 Å². The van der Waals surface area contributed by atoms with Gasteiger partial charge in [0.15, 0.2) is 0 Å². The summed E-state index contributed by atoms with van der Waals surface area (Å²) in [5.41, 5.74) is 3.72. The molecule has 1 aromatic carbocycles. The molecule has 0 aliphatic carbocycles. The van der Waals surface area contributed by atoms with Gasteiger partial charge in [0.2, 0.25) is 0 Å². The first-order chi connectivity index (χ1) is 15.5. The Morgan fingerprint density at radius 3 is 2.71 bits per heavy atom. The molecule has 0 saturated carbocycles. The minimum atomic E-state index is -0.142. The minimum absolute atomic E-state index is 0.0708. The molecule has 8 nitrogen and oxygen atoms in total. The molecule has 0 saturated heterocycles. The lowest BCUT2D eigenvalue weighted by Gasteiger charge is -2.16. The van der Waals surface area contributed by atoms with Crippen LogP contribution in [0, 0.1) is 6.92 Å². The fraction of sp³-hybridized carbons (Fsp3) is 0.217. The van der Waals surface area contributed by atoms with Gasteiger partial charge in [-0.15, -0.1) is 0 Å². The smallest absolute Gasteiger partial charge is 0.251 e. The number of anilines is 1. The molecule has 0 aliphatic rings. The van der Waals surface area contributed by atoms with Crippen molar-refractivity contribution in [1.29, 1.82) is 0 Å². The second kappa shape index (κ2) is 8.83. The fourth-order valence-electron chi connectivity index (χ4n) is 3.39. The number of hydrogen-bond acceptors (Lipinski definition) is 7. The number of amides is 1. The van der Waals surface area contributed by atoms with E-state index in [0.29, 0.717) is 29.4 Å². The lowest BCUT2D eigenvalue weighted by Crippen LogP contribution is -2.18. The Kier molecular flexibility index (Phi) is 5.42. The molecule has 4 aromatic rings. The molecule has 0 bridgehead atoms. The first kappa shape index (κ1) is 19.0. The van der Waals surface area contributed by atoms with E-state index in [2.05, 4.69) is 42.5 Å². The van der Waals surface area contributed by atoms with Crippen molar-refractivity contribution in [3.63, 3.8) is 0 Å².